The first-order chi connectivity index (χ1) is 16.4. The maximum absolute atomic E-state index is 14.5. The summed E-state index contributed by atoms with van der Waals surface area (Å²) in [5.41, 5.74) is 2.35. The molecule has 0 fully saturated rings. The van der Waals surface area contributed by atoms with Crippen LogP contribution in [-0.2, 0) is 11.1 Å². The third-order valence-corrected chi connectivity index (χ3v) is 7.21. The average molecular weight is 491 g/mol. The number of aromatic nitrogens is 2. The van der Waals surface area contributed by atoms with Crippen LogP contribution in [0.25, 0.3) is 11.0 Å². The van der Waals surface area contributed by atoms with Crippen molar-refractivity contribution in [3.05, 3.63) is 95.0 Å². The number of aliphatic hydroxyl groups is 1. The number of rotatable bonds is 10. The minimum atomic E-state index is -1.04. The topological polar surface area (TPSA) is 47.3 Å². The summed E-state index contributed by atoms with van der Waals surface area (Å²) < 4.78 is 22.5. The number of nitrogens with zero attached hydrogens (tertiary/aromatic N) is 2. The smallest absolute Gasteiger partial charge is 0.331 e. The second-order valence-corrected chi connectivity index (χ2v) is 10.6. The molecule has 0 aliphatic heterocycles. The van der Waals surface area contributed by atoms with Gasteiger partial charge in [-0.2, -0.15) is 0 Å². The molecular weight excluding hydrogens is 458 g/mol. The van der Waals surface area contributed by atoms with Crippen LogP contribution in [0.4, 0.5) is 4.39 Å². The molecule has 35 heavy (non-hydrogen) atoms. The summed E-state index contributed by atoms with van der Waals surface area (Å²) in [5.74, 6) is -0.244. The summed E-state index contributed by atoms with van der Waals surface area (Å²) in [6, 6.07) is 10.7. The third-order valence-electron chi connectivity index (χ3n) is 6.25. The van der Waals surface area contributed by atoms with Gasteiger partial charge in [0, 0.05) is 28.6 Å². The van der Waals surface area contributed by atoms with Gasteiger partial charge >= 0.3 is 7.48 Å². The van der Waals surface area contributed by atoms with Gasteiger partial charge in [0.2, 0.25) is 0 Å². The SMILES string of the molecule is C=C(/C=C\C(C)=C/C)Sn1c(Cc2ccccc2F)cc2c([B]OC(C)(C)C(C)(C)O)ccnc21. The Morgan fingerprint density at radius 1 is 1.23 bits per heavy atom. The first kappa shape index (κ1) is 27.0. The van der Waals surface area contributed by atoms with E-state index in [4.69, 9.17) is 4.65 Å². The molecule has 2 heterocycles. The molecular formula is C28H33BFN2O2S. The van der Waals surface area contributed by atoms with Crippen molar-refractivity contribution in [3.63, 3.8) is 0 Å². The van der Waals surface area contributed by atoms with Crippen LogP contribution in [0.1, 0.15) is 52.8 Å². The van der Waals surface area contributed by atoms with E-state index < -0.39 is 11.2 Å². The molecule has 0 amide bonds. The molecule has 0 saturated carbocycles. The molecule has 2 aromatic heterocycles. The zero-order valence-electron chi connectivity index (χ0n) is 21.3. The Kier molecular flexibility index (Phi) is 8.47. The number of hydrogen-bond donors (Lipinski definition) is 1. The molecule has 1 N–H and O–H groups in total. The van der Waals surface area contributed by atoms with Crippen LogP contribution in [0.2, 0.25) is 0 Å². The van der Waals surface area contributed by atoms with Gasteiger partial charge in [0.15, 0.2) is 0 Å². The quantitative estimate of drug-likeness (QED) is 0.275. The van der Waals surface area contributed by atoms with Crippen molar-refractivity contribution >= 4 is 35.9 Å². The lowest BCUT2D eigenvalue weighted by Gasteiger charge is -2.37. The molecule has 0 spiro atoms. The summed E-state index contributed by atoms with van der Waals surface area (Å²) in [5, 5.41) is 11.3. The van der Waals surface area contributed by atoms with Gasteiger partial charge in [-0.1, -0.05) is 42.5 Å². The monoisotopic (exact) mass is 491 g/mol. The minimum Gasteiger partial charge on any atom is -0.427 e. The molecule has 1 aromatic carbocycles. The molecule has 0 unspecified atom stereocenters. The minimum absolute atomic E-state index is 0.244. The predicted molar refractivity (Wildman–Crippen MR) is 146 cm³/mol. The summed E-state index contributed by atoms with van der Waals surface area (Å²) in [4.78, 5) is 5.46. The van der Waals surface area contributed by atoms with Crippen molar-refractivity contribution in [2.24, 2.45) is 0 Å². The summed E-state index contributed by atoms with van der Waals surface area (Å²) in [6.45, 7) is 15.3. The number of fused-ring (bicyclic) bond motifs is 1. The molecule has 3 rings (SSSR count). The first-order valence-corrected chi connectivity index (χ1v) is 12.3. The number of pyridine rings is 1. The van der Waals surface area contributed by atoms with Crippen LogP contribution >= 0.6 is 11.9 Å². The van der Waals surface area contributed by atoms with Crippen molar-refractivity contribution in [1.82, 2.24) is 8.96 Å². The Morgan fingerprint density at radius 2 is 1.94 bits per heavy atom. The highest BCUT2D eigenvalue weighted by molar-refractivity contribution is 8.02. The largest absolute Gasteiger partial charge is 0.427 e. The number of halogens is 1. The van der Waals surface area contributed by atoms with Crippen molar-refractivity contribution in [2.45, 2.75) is 59.2 Å². The lowest BCUT2D eigenvalue weighted by molar-refractivity contribution is -0.0893. The van der Waals surface area contributed by atoms with Gasteiger partial charge < -0.3 is 9.76 Å². The van der Waals surface area contributed by atoms with E-state index >= 15 is 0 Å². The second-order valence-electron chi connectivity index (χ2n) is 9.56. The lowest BCUT2D eigenvalue weighted by atomic mass is 9.82. The fraction of sp³-hybridized carbons (Fsp3) is 0.321. The van der Waals surface area contributed by atoms with E-state index in [-0.39, 0.29) is 5.82 Å². The van der Waals surface area contributed by atoms with Crippen molar-refractivity contribution in [3.8, 4) is 0 Å². The first-order valence-electron chi connectivity index (χ1n) is 11.6. The van der Waals surface area contributed by atoms with E-state index in [1.165, 1.54) is 18.0 Å². The highest BCUT2D eigenvalue weighted by Crippen LogP contribution is 2.30. The Balaban J connectivity index is 2.03. The van der Waals surface area contributed by atoms with Crippen LogP contribution in [0, 0.1) is 5.82 Å². The Bertz CT molecular complexity index is 1270. The Hall–Kier alpha value is -2.61. The number of hydrogen-bond acceptors (Lipinski definition) is 4. The molecule has 4 nitrogen and oxygen atoms in total. The number of benzene rings is 1. The highest BCUT2D eigenvalue weighted by atomic mass is 32.2. The zero-order valence-corrected chi connectivity index (χ0v) is 22.1. The molecule has 0 aliphatic rings. The molecule has 0 saturated heterocycles. The standard InChI is InChI=1S/C28H33BFN2O2S/c1-8-19(2)13-14-20(3)35-32-22(17-21-11-9-10-12-25(21)30)18-23-24(15-16-31-26(23)32)29-34-28(6,7)27(4,5)33/h8-16,18,33H,3,17H2,1-2,4-7H3/b14-13-,19-8-. The summed E-state index contributed by atoms with van der Waals surface area (Å²) >= 11 is 1.45. The van der Waals surface area contributed by atoms with Crippen LogP contribution in [0.5, 0.6) is 0 Å². The van der Waals surface area contributed by atoms with Crippen molar-refractivity contribution in [1.29, 1.82) is 0 Å². The van der Waals surface area contributed by atoms with Crippen LogP contribution in [0.15, 0.2) is 77.9 Å². The van der Waals surface area contributed by atoms with E-state index in [1.807, 2.05) is 68.1 Å². The maximum atomic E-state index is 14.5. The molecule has 0 aliphatic carbocycles. The van der Waals surface area contributed by atoms with E-state index in [0.717, 1.165) is 32.7 Å². The molecule has 183 valence electrons. The van der Waals surface area contributed by atoms with Crippen LogP contribution in [0.3, 0.4) is 0 Å². The van der Waals surface area contributed by atoms with E-state index in [1.54, 1.807) is 39.7 Å². The van der Waals surface area contributed by atoms with Crippen LogP contribution in [-0.4, -0.2) is 32.7 Å². The average Bonchev–Trinajstić information content (AvgIpc) is 3.14. The van der Waals surface area contributed by atoms with Gasteiger partial charge in [0.05, 0.1) is 11.2 Å². The summed E-state index contributed by atoms with van der Waals surface area (Å²) in [7, 11) is 1.66. The zero-order chi connectivity index (χ0) is 25.8. The highest BCUT2D eigenvalue weighted by Gasteiger charge is 2.36. The molecule has 3 aromatic rings. The van der Waals surface area contributed by atoms with E-state index in [9.17, 15) is 9.50 Å². The van der Waals surface area contributed by atoms with E-state index in [2.05, 4.69) is 11.6 Å². The Labute approximate surface area is 213 Å². The molecule has 0 bridgehead atoms. The molecule has 7 heteroatoms. The summed E-state index contributed by atoms with van der Waals surface area (Å²) in [6.07, 6.45) is 8.12. The molecule has 0 atom stereocenters. The Morgan fingerprint density at radius 3 is 2.60 bits per heavy atom. The van der Waals surface area contributed by atoms with Gasteiger partial charge in [-0.05, 0) is 88.8 Å². The predicted octanol–water partition coefficient (Wildman–Crippen LogP) is 6.11. The van der Waals surface area contributed by atoms with Gasteiger partial charge in [0.25, 0.3) is 0 Å². The molecule has 1 radical (unpaired) electrons. The van der Waals surface area contributed by atoms with Crippen molar-refractivity contribution < 1.29 is 14.2 Å². The lowest BCUT2D eigenvalue weighted by Crippen LogP contribution is -2.49. The fourth-order valence-electron chi connectivity index (χ4n) is 3.14. The van der Waals surface area contributed by atoms with Gasteiger partial charge in [-0.3, -0.25) is 3.97 Å². The van der Waals surface area contributed by atoms with Crippen LogP contribution < -0.4 is 5.46 Å². The number of allylic oxidation sites excluding steroid dienone is 4. The normalized spacial score (nSPS) is 13.1. The van der Waals surface area contributed by atoms with E-state index in [0.29, 0.717) is 12.0 Å². The van der Waals surface area contributed by atoms with Gasteiger partial charge in [-0.15, -0.1) is 0 Å². The third kappa shape index (κ3) is 6.54. The second kappa shape index (κ2) is 11.0. The fourth-order valence-corrected chi connectivity index (χ4v) is 3.97. The van der Waals surface area contributed by atoms with Crippen molar-refractivity contribution in [2.75, 3.05) is 0 Å². The van der Waals surface area contributed by atoms with Gasteiger partial charge in [0.1, 0.15) is 11.5 Å². The maximum Gasteiger partial charge on any atom is 0.331 e. The van der Waals surface area contributed by atoms with Gasteiger partial charge in [-0.25, -0.2) is 9.37 Å².